The zero-order chi connectivity index (χ0) is 18.2. The second-order valence-electron chi connectivity index (χ2n) is 7.01. The molecule has 0 aliphatic carbocycles. The number of unbranched alkanes of at least 4 members (excludes halogenated alkanes) is 9. The fourth-order valence-corrected chi connectivity index (χ4v) is 2.51. The molecule has 0 saturated carbocycles. The lowest BCUT2D eigenvalue weighted by Crippen LogP contribution is -2.35. The first-order valence-corrected chi connectivity index (χ1v) is 10.4. The Hall–Kier alpha value is -0.170. The minimum absolute atomic E-state index is 0.0914. The molecule has 0 heterocycles. The van der Waals surface area contributed by atoms with Crippen molar-refractivity contribution >= 4 is 10.4 Å². The van der Waals surface area contributed by atoms with Crippen molar-refractivity contribution in [2.45, 2.75) is 78.1 Å². The first-order chi connectivity index (χ1) is 10.6. The molecule has 0 rings (SSSR count). The van der Waals surface area contributed by atoms with Gasteiger partial charge in [0, 0.05) is 0 Å². The average Bonchev–Trinajstić information content (AvgIpc) is 2.39. The van der Waals surface area contributed by atoms with Crippen LogP contribution in [0.25, 0.3) is 0 Å². The van der Waals surface area contributed by atoms with Crippen molar-refractivity contribution in [3.05, 3.63) is 0 Å². The summed E-state index contributed by atoms with van der Waals surface area (Å²) in [5.74, 6) is 0. The zero-order valence-corrected chi connectivity index (χ0v) is 16.8. The van der Waals surface area contributed by atoms with Crippen molar-refractivity contribution in [2.24, 2.45) is 0 Å². The highest BCUT2D eigenvalue weighted by atomic mass is 32.3. The van der Waals surface area contributed by atoms with Crippen molar-refractivity contribution in [3.8, 4) is 0 Å². The molecule has 0 aliphatic rings. The van der Waals surface area contributed by atoms with Gasteiger partial charge in [-0.2, -0.15) is 0 Å². The molecule has 0 aromatic heterocycles. The molecular formula is C17H39NO4S. The highest BCUT2D eigenvalue weighted by molar-refractivity contribution is 7.80. The predicted molar refractivity (Wildman–Crippen MR) is 96.1 cm³/mol. The standard InChI is InChI=1S/C15H34N.C2H6O4S/c1-5-6-7-8-9-10-11-12-13-14-15-16(2,3)4;1-2-6-7(3,4)5/h5-15H2,1-4H3;2H2,1H3,(H,3,4,5)/q+1;/p-1. The van der Waals surface area contributed by atoms with Gasteiger partial charge in [0.2, 0.25) is 10.4 Å². The summed E-state index contributed by atoms with van der Waals surface area (Å²) in [6, 6.07) is 0. The van der Waals surface area contributed by atoms with Gasteiger partial charge in [0.1, 0.15) is 0 Å². The van der Waals surface area contributed by atoms with Gasteiger partial charge in [-0.1, -0.05) is 58.3 Å². The van der Waals surface area contributed by atoms with Crippen molar-refractivity contribution in [2.75, 3.05) is 34.3 Å². The van der Waals surface area contributed by atoms with E-state index in [9.17, 15) is 13.0 Å². The van der Waals surface area contributed by atoms with Crippen LogP contribution in [0.4, 0.5) is 0 Å². The van der Waals surface area contributed by atoms with Gasteiger partial charge in [-0.25, -0.2) is 8.42 Å². The molecule has 142 valence electrons. The van der Waals surface area contributed by atoms with Gasteiger partial charge in [0.05, 0.1) is 34.3 Å². The van der Waals surface area contributed by atoms with Crippen LogP contribution in [0.15, 0.2) is 0 Å². The second-order valence-corrected chi connectivity index (χ2v) is 8.06. The summed E-state index contributed by atoms with van der Waals surface area (Å²) in [5, 5.41) is 0. The van der Waals surface area contributed by atoms with Crippen molar-refractivity contribution in [1.29, 1.82) is 0 Å². The monoisotopic (exact) mass is 353 g/mol. The van der Waals surface area contributed by atoms with Gasteiger partial charge < -0.3 is 9.04 Å². The Morgan fingerprint density at radius 3 is 1.43 bits per heavy atom. The third kappa shape index (κ3) is 30.3. The van der Waals surface area contributed by atoms with Gasteiger partial charge in [-0.15, -0.1) is 0 Å². The highest BCUT2D eigenvalue weighted by Crippen LogP contribution is 2.10. The van der Waals surface area contributed by atoms with Gasteiger partial charge in [-0.05, 0) is 19.8 Å². The van der Waals surface area contributed by atoms with Crippen LogP contribution in [0.5, 0.6) is 0 Å². The molecule has 6 heteroatoms. The number of hydrogen-bond acceptors (Lipinski definition) is 4. The van der Waals surface area contributed by atoms with Crippen LogP contribution in [0, 0.1) is 0 Å². The van der Waals surface area contributed by atoms with Crippen LogP contribution in [0.3, 0.4) is 0 Å². The normalized spacial score (nSPS) is 11.9. The van der Waals surface area contributed by atoms with Crippen molar-refractivity contribution < 1.29 is 21.6 Å². The maximum absolute atomic E-state index is 9.45. The van der Waals surface area contributed by atoms with Crippen LogP contribution >= 0.6 is 0 Å². The number of hydrogen-bond donors (Lipinski definition) is 0. The van der Waals surface area contributed by atoms with E-state index in [4.69, 9.17) is 0 Å². The first-order valence-electron chi connectivity index (χ1n) is 9.03. The van der Waals surface area contributed by atoms with E-state index in [0.29, 0.717) is 0 Å². The fraction of sp³-hybridized carbons (Fsp3) is 1.00. The summed E-state index contributed by atoms with van der Waals surface area (Å²) in [5.41, 5.74) is 0. The van der Waals surface area contributed by atoms with E-state index in [1.165, 1.54) is 77.7 Å². The van der Waals surface area contributed by atoms with Crippen molar-refractivity contribution in [1.82, 2.24) is 0 Å². The summed E-state index contributed by atoms with van der Waals surface area (Å²) < 4.78 is 33.1. The summed E-state index contributed by atoms with van der Waals surface area (Å²) >= 11 is 0. The molecule has 0 bridgehead atoms. The van der Waals surface area contributed by atoms with Gasteiger partial charge in [-0.3, -0.25) is 4.18 Å². The van der Waals surface area contributed by atoms with Crippen LogP contribution < -0.4 is 0 Å². The van der Waals surface area contributed by atoms with Crippen LogP contribution in [-0.2, 0) is 14.6 Å². The maximum atomic E-state index is 9.45. The van der Waals surface area contributed by atoms with E-state index in [-0.39, 0.29) is 6.61 Å². The molecule has 0 aromatic rings. The highest BCUT2D eigenvalue weighted by Gasteiger charge is 2.04. The number of nitrogens with zero attached hydrogens (tertiary/aromatic N) is 1. The number of quaternary nitrogens is 1. The molecule has 0 atom stereocenters. The Kier molecular flexibility index (Phi) is 16.7. The third-order valence-corrected chi connectivity index (χ3v) is 3.97. The topological polar surface area (TPSA) is 66.4 Å². The lowest BCUT2D eigenvalue weighted by molar-refractivity contribution is -0.870. The molecule has 5 nitrogen and oxygen atoms in total. The molecule has 0 saturated heterocycles. The lowest BCUT2D eigenvalue weighted by atomic mass is 10.1. The zero-order valence-electron chi connectivity index (χ0n) is 16.0. The van der Waals surface area contributed by atoms with Gasteiger partial charge in [0.25, 0.3) is 0 Å². The molecule has 0 aromatic carbocycles. The van der Waals surface area contributed by atoms with Gasteiger partial charge in [0.15, 0.2) is 0 Å². The van der Waals surface area contributed by atoms with E-state index >= 15 is 0 Å². The molecule has 0 fully saturated rings. The van der Waals surface area contributed by atoms with Gasteiger partial charge >= 0.3 is 0 Å². The molecule has 0 radical (unpaired) electrons. The maximum Gasteiger partial charge on any atom is 0.217 e. The quantitative estimate of drug-likeness (QED) is 0.216. The largest absolute Gasteiger partial charge is 0.726 e. The minimum atomic E-state index is -4.42. The third-order valence-electron chi connectivity index (χ3n) is 3.44. The van der Waals surface area contributed by atoms with Crippen LogP contribution in [0.2, 0.25) is 0 Å². The summed E-state index contributed by atoms with van der Waals surface area (Å²) in [7, 11) is 2.43. The first kappa shape index (κ1) is 25.1. The average molecular weight is 354 g/mol. The lowest BCUT2D eigenvalue weighted by Gasteiger charge is -2.23. The molecule has 0 unspecified atom stereocenters. The molecule has 0 amide bonds. The minimum Gasteiger partial charge on any atom is -0.726 e. The molecular weight excluding hydrogens is 314 g/mol. The molecule has 0 aliphatic heterocycles. The van der Waals surface area contributed by atoms with Crippen LogP contribution in [0.1, 0.15) is 78.1 Å². The molecule has 23 heavy (non-hydrogen) atoms. The Morgan fingerprint density at radius 1 is 0.783 bits per heavy atom. The van der Waals surface area contributed by atoms with Crippen molar-refractivity contribution in [3.63, 3.8) is 0 Å². The summed E-state index contributed by atoms with van der Waals surface area (Å²) in [6.45, 7) is 4.95. The smallest absolute Gasteiger partial charge is 0.217 e. The Balaban J connectivity index is 0. The second kappa shape index (κ2) is 15.4. The summed E-state index contributed by atoms with van der Waals surface area (Å²) in [4.78, 5) is 0. The SMILES string of the molecule is CCCCCCCCCCCC[N+](C)(C)C.CCOS(=O)(=O)[O-]. The van der Waals surface area contributed by atoms with E-state index in [1.807, 2.05) is 0 Å². The Labute approximate surface area is 145 Å². The van der Waals surface area contributed by atoms with Crippen LogP contribution in [-0.4, -0.2) is 51.7 Å². The molecule has 0 N–H and O–H groups in total. The number of rotatable bonds is 13. The van der Waals surface area contributed by atoms with E-state index in [0.717, 1.165) is 4.48 Å². The molecule has 0 spiro atoms. The van der Waals surface area contributed by atoms with E-state index in [2.05, 4.69) is 32.2 Å². The summed E-state index contributed by atoms with van der Waals surface area (Å²) in [6.07, 6.45) is 14.4. The Morgan fingerprint density at radius 2 is 1.17 bits per heavy atom. The fourth-order valence-electron chi connectivity index (χ4n) is 2.22. The van der Waals surface area contributed by atoms with E-state index < -0.39 is 10.4 Å². The Bertz CT molecular complexity index is 337. The predicted octanol–water partition coefficient (Wildman–Crippen LogP) is 4.10. The van der Waals surface area contributed by atoms with E-state index in [1.54, 1.807) is 0 Å².